The SMILES string of the molecule is O=C(Nc1cn[nH]c1)N1CCC[C@H]1C1CCCC1. The van der Waals surface area contributed by atoms with Gasteiger partial charge in [0.15, 0.2) is 0 Å². The smallest absolute Gasteiger partial charge is 0.321 e. The number of nitrogens with one attached hydrogen (secondary N) is 2. The zero-order chi connectivity index (χ0) is 12.4. The normalized spacial score (nSPS) is 24.7. The van der Waals surface area contributed by atoms with Gasteiger partial charge in [0, 0.05) is 18.8 Å². The summed E-state index contributed by atoms with van der Waals surface area (Å²) >= 11 is 0. The van der Waals surface area contributed by atoms with E-state index in [9.17, 15) is 4.79 Å². The van der Waals surface area contributed by atoms with Crippen LogP contribution in [0.25, 0.3) is 0 Å². The Morgan fingerprint density at radius 1 is 1.33 bits per heavy atom. The topological polar surface area (TPSA) is 61.0 Å². The van der Waals surface area contributed by atoms with E-state index in [2.05, 4.69) is 15.5 Å². The van der Waals surface area contributed by atoms with E-state index in [1.165, 1.54) is 32.1 Å². The fourth-order valence-corrected chi connectivity index (χ4v) is 3.39. The number of carbonyl (C=O) groups is 1. The molecule has 1 aliphatic heterocycles. The molecule has 0 unspecified atom stereocenters. The van der Waals surface area contributed by atoms with Gasteiger partial charge in [0.1, 0.15) is 0 Å². The quantitative estimate of drug-likeness (QED) is 0.845. The number of hydrogen-bond acceptors (Lipinski definition) is 2. The van der Waals surface area contributed by atoms with Crippen LogP contribution in [-0.2, 0) is 0 Å². The predicted molar refractivity (Wildman–Crippen MR) is 69.3 cm³/mol. The monoisotopic (exact) mass is 248 g/mol. The van der Waals surface area contributed by atoms with Gasteiger partial charge in [-0.2, -0.15) is 5.10 Å². The molecule has 18 heavy (non-hydrogen) atoms. The van der Waals surface area contributed by atoms with Crippen LogP contribution in [0.5, 0.6) is 0 Å². The molecular formula is C13H20N4O. The number of carbonyl (C=O) groups excluding carboxylic acids is 1. The van der Waals surface area contributed by atoms with E-state index >= 15 is 0 Å². The van der Waals surface area contributed by atoms with Gasteiger partial charge in [-0.25, -0.2) is 4.79 Å². The maximum Gasteiger partial charge on any atom is 0.322 e. The highest BCUT2D eigenvalue weighted by Gasteiger charge is 2.35. The molecule has 1 atom stereocenters. The number of urea groups is 1. The summed E-state index contributed by atoms with van der Waals surface area (Å²) in [5, 5.41) is 9.46. The summed E-state index contributed by atoms with van der Waals surface area (Å²) in [6.45, 7) is 0.894. The lowest BCUT2D eigenvalue weighted by molar-refractivity contribution is 0.185. The van der Waals surface area contributed by atoms with E-state index in [0.717, 1.165) is 24.6 Å². The summed E-state index contributed by atoms with van der Waals surface area (Å²) in [7, 11) is 0. The van der Waals surface area contributed by atoms with Crippen LogP contribution in [0.15, 0.2) is 12.4 Å². The lowest BCUT2D eigenvalue weighted by Gasteiger charge is -2.29. The van der Waals surface area contributed by atoms with Crippen molar-refractivity contribution >= 4 is 11.7 Å². The van der Waals surface area contributed by atoms with Gasteiger partial charge in [-0.15, -0.1) is 0 Å². The fraction of sp³-hybridized carbons (Fsp3) is 0.692. The first-order valence-electron chi connectivity index (χ1n) is 6.91. The molecule has 2 N–H and O–H groups in total. The highest BCUT2D eigenvalue weighted by Crippen LogP contribution is 2.35. The van der Waals surface area contributed by atoms with Crippen LogP contribution in [0.2, 0.25) is 0 Å². The zero-order valence-electron chi connectivity index (χ0n) is 10.6. The Bertz CT molecular complexity index is 397. The van der Waals surface area contributed by atoms with Crippen molar-refractivity contribution in [3.63, 3.8) is 0 Å². The summed E-state index contributed by atoms with van der Waals surface area (Å²) in [6, 6.07) is 0.491. The van der Waals surface area contributed by atoms with Crippen molar-refractivity contribution in [1.29, 1.82) is 0 Å². The van der Waals surface area contributed by atoms with Crippen molar-refractivity contribution in [3.8, 4) is 0 Å². The number of nitrogens with zero attached hydrogens (tertiary/aromatic N) is 2. The van der Waals surface area contributed by atoms with E-state index in [-0.39, 0.29) is 6.03 Å². The summed E-state index contributed by atoms with van der Waals surface area (Å²) in [4.78, 5) is 14.3. The van der Waals surface area contributed by atoms with Crippen molar-refractivity contribution in [2.24, 2.45) is 5.92 Å². The number of anilines is 1. The Balaban J connectivity index is 1.64. The molecule has 3 rings (SSSR count). The summed E-state index contributed by atoms with van der Waals surface area (Å²) in [5.74, 6) is 0.725. The summed E-state index contributed by atoms with van der Waals surface area (Å²) in [5.41, 5.74) is 0.747. The molecular weight excluding hydrogens is 228 g/mol. The molecule has 1 aliphatic carbocycles. The first-order valence-corrected chi connectivity index (χ1v) is 6.91. The number of likely N-dealkylation sites (tertiary alicyclic amines) is 1. The molecule has 0 spiro atoms. The number of amides is 2. The molecule has 2 amide bonds. The van der Waals surface area contributed by atoms with Gasteiger partial charge in [-0.05, 0) is 31.6 Å². The van der Waals surface area contributed by atoms with E-state index in [1.54, 1.807) is 12.4 Å². The molecule has 2 heterocycles. The third-order valence-electron chi connectivity index (χ3n) is 4.25. The van der Waals surface area contributed by atoms with Crippen molar-refractivity contribution in [1.82, 2.24) is 15.1 Å². The van der Waals surface area contributed by atoms with Crippen LogP contribution in [0.4, 0.5) is 10.5 Å². The van der Waals surface area contributed by atoms with Crippen LogP contribution in [-0.4, -0.2) is 33.7 Å². The van der Waals surface area contributed by atoms with E-state index in [0.29, 0.717) is 6.04 Å². The molecule has 0 radical (unpaired) electrons. The van der Waals surface area contributed by atoms with Crippen LogP contribution in [0.3, 0.4) is 0 Å². The second-order valence-electron chi connectivity index (χ2n) is 5.36. The molecule has 98 valence electrons. The first-order chi connectivity index (χ1) is 8.84. The number of hydrogen-bond donors (Lipinski definition) is 2. The maximum atomic E-state index is 12.3. The summed E-state index contributed by atoms with van der Waals surface area (Å²) < 4.78 is 0. The average Bonchev–Trinajstić information content (AvgIpc) is 3.11. The minimum atomic E-state index is 0.0331. The Labute approximate surface area is 107 Å². The van der Waals surface area contributed by atoms with Crippen molar-refractivity contribution in [2.45, 2.75) is 44.6 Å². The second-order valence-corrected chi connectivity index (χ2v) is 5.36. The third-order valence-corrected chi connectivity index (χ3v) is 4.25. The van der Waals surface area contributed by atoms with Gasteiger partial charge in [0.2, 0.25) is 0 Å². The summed E-state index contributed by atoms with van der Waals surface area (Å²) in [6.07, 6.45) is 10.9. The van der Waals surface area contributed by atoms with Gasteiger partial charge in [-0.1, -0.05) is 12.8 Å². The highest BCUT2D eigenvalue weighted by atomic mass is 16.2. The molecule has 1 saturated carbocycles. The molecule has 0 bridgehead atoms. The molecule has 5 nitrogen and oxygen atoms in total. The predicted octanol–water partition coefficient (Wildman–Crippen LogP) is 2.60. The van der Waals surface area contributed by atoms with Crippen molar-refractivity contribution in [2.75, 3.05) is 11.9 Å². The van der Waals surface area contributed by atoms with Crippen molar-refractivity contribution < 1.29 is 4.79 Å². The lowest BCUT2D eigenvalue weighted by atomic mass is 9.96. The van der Waals surface area contributed by atoms with E-state index < -0.39 is 0 Å². The van der Waals surface area contributed by atoms with E-state index in [1.807, 2.05) is 4.90 Å². The van der Waals surface area contributed by atoms with Crippen LogP contribution < -0.4 is 5.32 Å². The zero-order valence-corrected chi connectivity index (χ0v) is 10.6. The van der Waals surface area contributed by atoms with Gasteiger partial charge in [-0.3, -0.25) is 5.10 Å². The van der Waals surface area contributed by atoms with E-state index in [4.69, 9.17) is 0 Å². The second kappa shape index (κ2) is 5.00. The highest BCUT2D eigenvalue weighted by molar-refractivity contribution is 5.89. The van der Waals surface area contributed by atoms with Gasteiger partial charge < -0.3 is 10.2 Å². The first kappa shape index (κ1) is 11.6. The molecule has 1 aromatic rings. The molecule has 2 fully saturated rings. The number of aromatic nitrogens is 2. The minimum absolute atomic E-state index is 0.0331. The minimum Gasteiger partial charge on any atom is -0.321 e. The number of aromatic amines is 1. The molecule has 1 aromatic heterocycles. The maximum absolute atomic E-state index is 12.3. The Kier molecular flexibility index (Phi) is 3.21. The largest absolute Gasteiger partial charge is 0.322 e. The lowest BCUT2D eigenvalue weighted by Crippen LogP contribution is -2.41. The van der Waals surface area contributed by atoms with Gasteiger partial charge >= 0.3 is 6.03 Å². The fourth-order valence-electron chi connectivity index (χ4n) is 3.39. The number of H-pyrrole nitrogens is 1. The molecule has 0 aromatic carbocycles. The molecule has 1 saturated heterocycles. The Hall–Kier alpha value is -1.52. The van der Waals surface area contributed by atoms with Crippen LogP contribution in [0, 0.1) is 5.92 Å². The number of rotatable bonds is 2. The molecule has 5 heteroatoms. The third kappa shape index (κ3) is 2.21. The Morgan fingerprint density at radius 2 is 2.17 bits per heavy atom. The van der Waals surface area contributed by atoms with Crippen LogP contribution in [0.1, 0.15) is 38.5 Å². The standard InChI is InChI=1S/C13H20N4O/c18-13(16-11-8-14-15-9-11)17-7-3-6-12(17)10-4-1-2-5-10/h8-10,12H,1-7H2,(H,14,15)(H,16,18)/t12-/m0/s1. The van der Waals surface area contributed by atoms with Crippen molar-refractivity contribution in [3.05, 3.63) is 12.4 Å². The van der Waals surface area contributed by atoms with Crippen LogP contribution >= 0.6 is 0 Å². The average molecular weight is 248 g/mol. The Morgan fingerprint density at radius 3 is 2.89 bits per heavy atom. The van der Waals surface area contributed by atoms with Gasteiger partial charge in [0.25, 0.3) is 0 Å². The van der Waals surface area contributed by atoms with Gasteiger partial charge in [0.05, 0.1) is 11.9 Å². The molecule has 2 aliphatic rings.